The molecule has 0 amide bonds. The van der Waals surface area contributed by atoms with Crippen molar-refractivity contribution in [2.45, 2.75) is 41.0 Å². The van der Waals surface area contributed by atoms with Crippen LogP contribution in [0.3, 0.4) is 0 Å². The van der Waals surface area contributed by atoms with Crippen LogP contribution in [0.1, 0.15) is 37.8 Å². The lowest BCUT2D eigenvalue weighted by atomic mass is 10.3. The molecule has 380 valence electrons. The Hall–Kier alpha value is -8.22. The van der Waals surface area contributed by atoms with Gasteiger partial charge in [0.05, 0.1) is 23.9 Å². The molecular weight excluding hydrogens is 1010 g/mol. The van der Waals surface area contributed by atoms with Crippen LogP contribution in [0.5, 0.6) is 0 Å². The van der Waals surface area contributed by atoms with Gasteiger partial charge in [0.1, 0.15) is 23.2 Å². The average Bonchev–Trinajstić information content (AvgIpc) is 4.13. The maximum absolute atomic E-state index is 9.82. The second kappa shape index (κ2) is 34.1. The van der Waals surface area contributed by atoms with Crippen molar-refractivity contribution in [2.75, 3.05) is 22.6 Å². The normalized spacial score (nSPS) is 9.77. The summed E-state index contributed by atoms with van der Waals surface area (Å²) in [6.45, 7) is 8.65. The largest absolute Gasteiger partial charge is 1.00 e. The average molecular weight is 1060 g/mol. The van der Waals surface area contributed by atoms with Crippen LogP contribution in [0, 0.1) is 39.0 Å². The van der Waals surface area contributed by atoms with Gasteiger partial charge in [0.15, 0.2) is 16.6 Å². The second-order valence-electron chi connectivity index (χ2n) is 11.8. The number of hydrazine groups is 2. The summed E-state index contributed by atoms with van der Waals surface area (Å²) in [5.41, 5.74) is 22.0. The Morgan fingerprint density at radius 2 is 1.31 bits per heavy atom. The Morgan fingerprint density at radius 3 is 1.62 bits per heavy atom. The van der Waals surface area contributed by atoms with Gasteiger partial charge in [-0.15, -0.1) is 14.5 Å². The Kier molecular flexibility index (Phi) is 29.2. The van der Waals surface area contributed by atoms with Gasteiger partial charge < -0.3 is 18.6 Å². The van der Waals surface area contributed by atoms with Gasteiger partial charge in [0.2, 0.25) is 16.4 Å². The fourth-order valence-electron chi connectivity index (χ4n) is 3.84. The molecule has 0 atom stereocenters. The van der Waals surface area contributed by atoms with Crippen molar-refractivity contribution in [3.05, 3.63) is 108 Å². The number of nitriles is 1. The maximum Gasteiger partial charge on any atom is 0.415 e. The van der Waals surface area contributed by atoms with E-state index in [1.807, 2.05) is 13.8 Å². The predicted molar refractivity (Wildman–Crippen MR) is 259 cm³/mol. The van der Waals surface area contributed by atoms with Crippen LogP contribution < -0.4 is 45.8 Å². The van der Waals surface area contributed by atoms with Crippen LogP contribution >= 0.6 is 34.7 Å². The molecule has 16 N–H and O–H groups in total. The van der Waals surface area contributed by atoms with E-state index in [1.165, 1.54) is 39.4 Å². The number of hydrogen-bond acceptors (Lipinski definition) is 32. The third-order valence-corrected chi connectivity index (χ3v) is 8.21. The summed E-state index contributed by atoms with van der Waals surface area (Å²) >= 11 is 7.71. The third kappa shape index (κ3) is 26.2. The summed E-state index contributed by atoms with van der Waals surface area (Å²) < 4.78 is 40.1. The van der Waals surface area contributed by atoms with Crippen LogP contribution in [0.15, 0.2) is 90.1 Å². The van der Waals surface area contributed by atoms with Crippen molar-refractivity contribution in [3.8, 4) is 18.0 Å². The molecular formula is C34H47ClN27O6S3-. The zero-order valence-electron chi connectivity index (χ0n) is 38.8. The van der Waals surface area contributed by atoms with E-state index < -0.39 is 10.4 Å². The zero-order chi connectivity index (χ0) is 53.2. The van der Waals surface area contributed by atoms with Crippen molar-refractivity contribution in [2.24, 2.45) is 27.8 Å². The molecule has 8 aromatic heterocycles. The van der Waals surface area contributed by atoms with E-state index >= 15 is 0 Å². The summed E-state index contributed by atoms with van der Waals surface area (Å²) in [4.78, 5) is 48.8. The molecule has 8 rings (SSSR count). The first kappa shape index (κ1) is 60.8. The zero-order valence-corrected chi connectivity index (χ0v) is 41.0. The monoisotopic (exact) mass is 1060 g/mol. The molecule has 0 aliphatic carbocycles. The molecule has 71 heavy (non-hydrogen) atoms. The van der Waals surface area contributed by atoms with Gasteiger partial charge in [-0.25, -0.2) is 55.7 Å². The van der Waals surface area contributed by atoms with Gasteiger partial charge in [-0.05, 0) is 70.5 Å². The predicted octanol–water partition coefficient (Wildman–Crippen LogP) is 2.12. The van der Waals surface area contributed by atoms with Crippen LogP contribution in [0.2, 0.25) is 5.28 Å². The molecule has 0 radical (unpaired) electrons. The van der Waals surface area contributed by atoms with Gasteiger partial charge >= 0.3 is 10.4 Å². The van der Waals surface area contributed by atoms with E-state index in [4.69, 9.17) is 49.7 Å². The molecule has 8 heterocycles. The number of nitrogens with one attached hydrogen (secondary N) is 2. The fraction of sp³-hybridized carbons (Fsp3) is 0.176. The highest BCUT2D eigenvalue weighted by molar-refractivity contribution is 7.80. The minimum atomic E-state index is -4.54. The fourth-order valence-corrected chi connectivity index (χ4v) is 4.99. The SMILES string of the molecule is CC(=O)CC#N.Cc1cc(N)n(-c2ncccn2)n1.Cc1nsc(N)n1.Cc1nsc(N=Nc2c(C)nn(-c3ncccn3)c2N)n1.Clc1ncccn1.NN.NNc1ncccn1.O=S(=O)(O)ONO.[2H-]. The smallest absolute Gasteiger partial charge is 0.415 e. The van der Waals surface area contributed by atoms with E-state index in [-0.39, 0.29) is 13.6 Å². The summed E-state index contributed by atoms with van der Waals surface area (Å²) in [6, 6.07) is 10.4. The van der Waals surface area contributed by atoms with Crippen molar-refractivity contribution in [1.29, 1.82) is 5.26 Å². The van der Waals surface area contributed by atoms with Gasteiger partial charge in [0, 0.05) is 78.7 Å². The minimum Gasteiger partial charge on any atom is -1.00 e. The van der Waals surface area contributed by atoms with E-state index in [0.717, 1.165) is 17.2 Å². The molecule has 33 nitrogen and oxygen atoms in total. The van der Waals surface area contributed by atoms with Gasteiger partial charge in [-0.1, -0.05) is 5.64 Å². The Bertz CT molecular complexity index is 2880. The molecule has 0 bridgehead atoms. The summed E-state index contributed by atoms with van der Waals surface area (Å²) in [5, 5.41) is 33.0. The van der Waals surface area contributed by atoms with Crippen LogP contribution in [-0.4, -0.2) is 102 Å². The number of nitrogens with zero attached hydrogens (tertiary/aromatic N) is 19. The van der Waals surface area contributed by atoms with Crippen LogP contribution in [0.4, 0.5) is 33.5 Å². The molecule has 8 aromatic rings. The van der Waals surface area contributed by atoms with Gasteiger partial charge in [-0.3, -0.25) is 31.7 Å². The molecule has 0 aliphatic rings. The number of aromatic nitrogens is 16. The Morgan fingerprint density at radius 1 is 0.817 bits per heavy atom. The lowest BCUT2D eigenvalue weighted by Gasteiger charge is -1.99. The molecule has 0 unspecified atom stereocenters. The number of anilines is 4. The van der Waals surface area contributed by atoms with Crippen molar-refractivity contribution in [3.63, 3.8) is 0 Å². The first-order chi connectivity index (χ1) is 33.9. The van der Waals surface area contributed by atoms with Crippen molar-refractivity contribution in [1.82, 2.24) is 83.8 Å². The number of nitrogens with two attached hydrogens (primary N) is 6. The lowest BCUT2D eigenvalue weighted by molar-refractivity contribution is -0.116. The number of carbonyl (C=O) groups excluding carboxylic acids is 1. The number of ketones is 1. The first-order valence-corrected chi connectivity index (χ1v) is 22.1. The maximum atomic E-state index is 9.82. The standard InChI is InChI=1S/C11H11N9S.C8H9N5.C4H3ClN2.C4H6N4.C4H5NO.C3H5N3S.H4N2.H3NO5S.H/c1-6-8(16-17-11-15-7(2)19-21-11)9(12)20(18-6)10-13-4-3-5-14-10;1-6-5-7(9)13(12-6)8-10-3-2-4-11-8;5-4-6-2-1-3-7-4;5-8-4-6-2-1-3-7-4;1-4(6)2-3-5;1-2-5-3(4)7-6-2;1-2;2-1-6-7(3,4)5;/h3-5H,12H2,1-2H3;2-5H,9H2,1H3;1-3H;1-3H,5H2,(H,6,7,8);2H2,1H3;1H3,(H2,4,5,6);1-2H2;1-2H,(H,3,4,5);/q;;;;;;;;-1/i;;;;;;;;1+1. The van der Waals surface area contributed by atoms with Crippen LogP contribution in [-0.2, 0) is 19.5 Å². The molecule has 0 aliphatic heterocycles. The first-order valence-electron chi connectivity index (χ1n) is 18.8. The lowest BCUT2D eigenvalue weighted by Crippen LogP contribution is -2.14. The van der Waals surface area contributed by atoms with Crippen molar-refractivity contribution >= 4 is 84.4 Å². The van der Waals surface area contributed by atoms with E-state index in [2.05, 4.69) is 100 Å². The Balaban J connectivity index is 0.000000860. The van der Waals surface area contributed by atoms with Crippen molar-refractivity contribution < 1.29 is 28.7 Å². The van der Waals surface area contributed by atoms with E-state index in [0.29, 0.717) is 62.2 Å². The summed E-state index contributed by atoms with van der Waals surface area (Å²) in [7, 11) is -4.54. The number of halogens is 1. The quantitative estimate of drug-likeness (QED) is 0.0342. The number of carbonyl (C=O) groups is 1. The number of azo groups is 1. The van der Waals surface area contributed by atoms with E-state index in [9.17, 15) is 13.2 Å². The van der Waals surface area contributed by atoms with Crippen LogP contribution in [0.25, 0.3) is 11.9 Å². The number of Topliss-reactive ketones (excluding diaryl/α,β-unsaturated/α-hetero) is 1. The molecule has 0 spiro atoms. The molecule has 0 fully saturated rings. The Labute approximate surface area is 418 Å². The third-order valence-electron chi connectivity index (χ3n) is 6.40. The summed E-state index contributed by atoms with van der Waals surface area (Å²) in [5.74, 6) is 16.5. The number of nitrogen functional groups attached to an aromatic ring is 4. The minimum absolute atomic E-state index is 0. The van der Waals surface area contributed by atoms with E-state index in [1.54, 1.807) is 99.8 Å². The van der Waals surface area contributed by atoms with Gasteiger partial charge in [0.25, 0.3) is 11.9 Å². The number of aryl methyl sites for hydroxylation is 4. The topological polar surface area (TPSA) is 520 Å². The number of hydrogen-bond donors (Lipinski definition) is 10. The molecule has 0 saturated carbocycles. The summed E-state index contributed by atoms with van der Waals surface area (Å²) in [6.07, 6.45) is 13.0. The molecule has 37 heteroatoms. The molecule has 0 saturated heterocycles. The molecule has 0 aromatic carbocycles. The highest BCUT2D eigenvalue weighted by Crippen LogP contribution is 2.29. The number of rotatable bonds is 8. The second-order valence-corrected chi connectivity index (χ2v) is 14.7. The highest BCUT2D eigenvalue weighted by Gasteiger charge is 2.15. The highest BCUT2D eigenvalue weighted by atomic mass is 35.5. The van der Waals surface area contributed by atoms with Gasteiger partial charge in [-0.2, -0.15) is 42.0 Å².